The summed E-state index contributed by atoms with van der Waals surface area (Å²) in [4.78, 5) is 12.2. The van der Waals surface area contributed by atoms with Gasteiger partial charge in [0.1, 0.15) is 0 Å². The summed E-state index contributed by atoms with van der Waals surface area (Å²) in [6.45, 7) is 0. The van der Waals surface area contributed by atoms with Crippen molar-refractivity contribution in [3.05, 3.63) is 29.8 Å². The van der Waals surface area contributed by atoms with E-state index in [0.717, 1.165) is 5.56 Å². The lowest BCUT2D eigenvalue weighted by Crippen LogP contribution is -2.31. The standard InChI is InChI=1S/C10H11N3O/c1-13(10(12)14)9-4-2-3-8(7-9)5-6-11/h2-4,7H,5H2,1H3,(H2,12,14). The molecule has 1 aromatic carbocycles. The van der Waals surface area contributed by atoms with Gasteiger partial charge in [-0.25, -0.2) is 4.79 Å². The summed E-state index contributed by atoms with van der Waals surface area (Å²) < 4.78 is 0. The molecule has 0 unspecified atom stereocenters. The number of benzene rings is 1. The predicted molar refractivity (Wildman–Crippen MR) is 53.7 cm³/mol. The number of carbonyl (C=O) groups excluding carboxylic acids is 1. The van der Waals surface area contributed by atoms with Gasteiger partial charge >= 0.3 is 6.03 Å². The number of nitriles is 1. The van der Waals surface area contributed by atoms with Gasteiger partial charge in [0.15, 0.2) is 0 Å². The van der Waals surface area contributed by atoms with Gasteiger partial charge in [0, 0.05) is 12.7 Å². The molecular weight excluding hydrogens is 178 g/mol. The van der Waals surface area contributed by atoms with Crippen molar-refractivity contribution in [1.29, 1.82) is 5.26 Å². The Bertz CT molecular complexity index is 381. The number of anilines is 1. The van der Waals surface area contributed by atoms with Crippen LogP contribution in [-0.4, -0.2) is 13.1 Å². The minimum Gasteiger partial charge on any atom is -0.351 e. The molecule has 0 saturated heterocycles. The number of nitrogens with zero attached hydrogens (tertiary/aromatic N) is 2. The fourth-order valence-corrected chi connectivity index (χ4v) is 1.09. The van der Waals surface area contributed by atoms with Crippen LogP contribution in [0.1, 0.15) is 5.56 Å². The smallest absolute Gasteiger partial charge is 0.318 e. The van der Waals surface area contributed by atoms with Crippen molar-refractivity contribution < 1.29 is 4.79 Å². The third-order valence-corrected chi connectivity index (χ3v) is 1.91. The number of carbonyl (C=O) groups is 1. The molecule has 0 spiro atoms. The Hall–Kier alpha value is -2.02. The van der Waals surface area contributed by atoms with Crippen LogP contribution in [0, 0.1) is 11.3 Å². The zero-order valence-corrected chi connectivity index (χ0v) is 7.90. The number of nitrogens with two attached hydrogens (primary N) is 1. The highest BCUT2D eigenvalue weighted by Crippen LogP contribution is 2.14. The van der Waals surface area contributed by atoms with E-state index in [0.29, 0.717) is 12.1 Å². The summed E-state index contributed by atoms with van der Waals surface area (Å²) in [5.74, 6) is 0. The van der Waals surface area contributed by atoms with E-state index in [9.17, 15) is 4.79 Å². The molecular formula is C10H11N3O. The SMILES string of the molecule is CN(C(N)=O)c1cccc(CC#N)c1. The number of urea groups is 1. The zero-order valence-electron chi connectivity index (χ0n) is 7.90. The van der Waals surface area contributed by atoms with E-state index in [1.54, 1.807) is 25.2 Å². The number of hydrogen-bond acceptors (Lipinski definition) is 2. The van der Waals surface area contributed by atoms with Crippen LogP contribution in [0.15, 0.2) is 24.3 Å². The van der Waals surface area contributed by atoms with E-state index in [1.807, 2.05) is 12.1 Å². The molecule has 0 bridgehead atoms. The minimum atomic E-state index is -0.515. The van der Waals surface area contributed by atoms with Crippen molar-refractivity contribution in [3.63, 3.8) is 0 Å². The van der Waals surface area contributed by atoms with Crippen LogP contribution in [0.4, 0.5) is 10.5 Å². The summed E-state index contributed by atoms with van der Waals surface area (Å²) in [6, 6.07) is 8.70. The fraction of sp³-hybridized carbons (Fsp3) is 0.200. The molecule has 1 aromatic rings. The maximum Gasteiger partial charge on any atom is 0.318 e. The molecule has 1 rings (SSSR count). The van der Waals surface area contributed by atoms with Gasteiger partial charge in [0.2, 0.25) is 0 Å². The van der Waals surface area contributed by atoms with Crippen molar-refractivity contribution in [1.82, 2.24) is 0 Å². The molecule has 0 radical (unpaired) electrons. The van der Waals surface area contributed by atoms with E-state index < -0.39 is 6.03 Å². The lowest BCUT2D eigenvalue weighted by atomic mass is 10.1. The number of hydrogen-bond donors (Lipinski definition) is 1. The second-order valence-electron chi connectivity index (χ2n) is 2.90. The van der Waals surface area contributed by atoms with Crippen molar-refractivity contribution in [2.24, 2.45) is 5.73 Å². The molecule has 0 aliphatic heterocycles. The summed E-state index contributed by atoms with van der Waals surface area (Å²) in [5.41, 5.74) is 6.69. The molecule has 0 fully saturated rings. The van der Waals surface area contributed by atoms with Crippen molar-refractivity contribution in [2.75, 3.05) is 11.9 Å². The first-order chi connectivity index (χ1) is 6.65. The molecule has 0 heterocycles. The predicted octanol–water partition coefficient (Wildman–Crippen LogP) is 1.27. The topological polar surface area (TPSA) is 70.1 Å². The van der Waals surface area contributed by atoms with Crippen molar-refractivity contribution in [2.45, 2.75) is 6.42 Å². The van der Waals surface area contributed by atoms with E-state index >= 15 is 0 Å². The first-order valence-electron chi connectivity index (χ1n) is 4.14. The summed E-state index contributed by atoms with van der Waals surface area (Å²) in [5, 5.41) is 8.50. The molecule has 14 heavy (non-hydrogen) atoms. The molecule has 0 aliphatic carbocycles. The Morgan fingerprint density at radius 2 is 2.36 bits per heavy atom. The van der Waals surface area contributed by atoms with E-state index in [1.165, 1.54) is 4.90 Å². The molecule has 0 aliphatic rings. The van der Waals surface area contributed by atoms with Crippen LogP contribution in [-0.2, 0) is 6.42 Å². The summed E-state index contributed by atoms with van der Waals surface area (Å²) in [7, 11) is 1.59. The van der Waals surface area contributed by atoms with Gasteiger partial charge in [-0.2, -0.15) is 5.26 Å². The van der Waals surface area contributed by atoms with Crippen molar-refractivity contribution in [3.8, 4) is 6.07 Å². The van der Waals surface area contributed by atoms with Crippen LogP contribution in [0.25, 0.3) is 0 Å². The monoisotopic (exact) mass is 189 g/mol. The lowest BCUT2D eigenvalue weighted by Gasteiger charge is -2.14. The number of amides is 2. The Kier molecular flexibility index (Phi) is 3.08. The normalized spacial score (nSPS) is 9.14. The largest absolute Gasteiger partial charge is 0.351 e. The number of primary amides is 1. The average Bonchev–Trinajstić information content (AvgIpc) is 2.17. The Balaban J connectivity index is 2.94. The molecule has 4 nitrogen and oxygen atoms in total. The molecule has 2 N–H and O–H groups in total. The van der Waals surface area contributed by atoms with Crippen LogP contribution in [0.3, 0.4) is 0 Å². The van der Waals surface area contributed by atoms with Crippen LogP contribution in [0.5, 0.6) is 0 Å². The Morgan fingerprint density at radius 3 is 2.93 bits per heavy atom. The fourth-order valence-electron chi connectivity index (χ4n) is 1.09. The quantitative estimate of drug-likeness (QED) is 0.761. The summed E-state index contributed by atoms with van der Waals surface area (Å²) >= 11 is 0. The van der Waals surface area contributed by atoms with Gasteiger partial charge in [-0.05, 0) is 17.7 Å². The van der Waals surface area contributed by atoms with Crippen molar-refractivity contribution >= 4 is 11.7 Å². The van der Waals surface area contributed by atoms with E-state index in [4.69, 9.17) is 11.0 Å². The van der Waals surface area contributed by atoms with Crippen LogP contribution in [0.2, 0.25) is 0 Å². The van der Waals surface area contributed by atoms with Gasteiger partial charge in [0.25, 0.3) is 0 Å². The van der Waals surface area contributed by atoms with Gasteiger partial charge in [0.05, 0.1) is 12.5 Å². The maximum absolute atomic E-state index is 10.9. The first-order valence-corrected chi connectivity index (χ1v) is 4.14. The highest BCUT2D eigenvalue weighted by Gasteiger charge is 2.05. The van der Waals surface area contributed by atoms with Gasteiger partial charge < -0.3 is 5.73 Å². The second-order valence-corrected chi connectivity index (χ2v) is 2.90. The molecule has 0 atom stereocenters. The second kappa shape index (κ2) is 4.28. The van der Waals surface area contributed by atoms with Gasteiger partial charge in [-0.3, -0.25) is 4.90 Å². The first kappa shape index (κ1) is 10.1. The van der Waals surface area contributed by atoms with E-state index in [-0.39, 0.29) is 0 Å². The summed E-state index contributed by atoms with van der Waals surface area (Å²) in [6.07, 6.45) is 0.334. The Morgan fingerprint density at radius 1 is 1.64 bits per heavy atom. The van der Waals surface area contributed by atoms with Crippen LogP contribution < -0.4 is 10.6 Å². The third kappa shape index (κ3) is 2.23. The molecule has 4 heteroatoms. The maximum atomic E-state index is 10.9. The average molecular weight is 189 g/mol. The highest BCUT2D eigenvalue weighted by molar-refractivity contribution is 5.90. The molecule has 2 amide bonds. The molecule has 0 aromatic heterocycles. The zero-order chi connectivity index (χ0) is 10.6. The third-order valence-electron chi connectivity index (χ3n) is 1.91. The Labute approximate surface area is 82.5 Å². The van der Waals surface area contributed by atoms with E-state index in [2.05, 4.69) is 0 Å². The number of rotatable bonds is 2. The van der Waals surface area contributed by atoms with Gasteiger partial charge in [-0.1, -0.05) is 12.1 Å². The highest BCUT2D eigenvalue weighted by atomic mass is 16.2. The lowest BCUT2D eigenvalue weighted by molar-refractivity contribution is 0.255. The van der Waals surface area contributed by atoms with Crippen LogP contribution >= 0.6 is 0 Å². The minimum absolute atomic E-state index is 0.334. The molecule has 0 saturated carbocycles. The van der Waals surface area contributed by atoms with Gasteiger partial charge in [-0.15, -0.1) is 0 Å². The molecule has 72 valence electrons.